The van der Waals surface area contributed by atoms with E-state index in [1.54, 1.807) is 6.08 Å². The van der Waals surface area contributed by atoms with Crippen molar-refractivity contribution in [1.29, 1.82) is 0 Å². The molecule has 26 heavy (non-hydrogen) atoms. The third kappa shape index (κ3) is 10.5. The van der Waals surface area contributed by atoms with Gasteiger partial charge in [0.05, 0.1) is 0 Å². The lowest BCUT2D eigenvalue weighted by Crippen LogP contribution is -2.17. The van der Waals surface area contributed by atoms with Gasteiger partial charge in [0.15, 0.2) is 0 Å². The van der Waals surface area contributed by atoms with E-state index in [1.165, 1.54) is 31.8 Å². The molecule has 5 nitrogen and oxygen atoms in total. The number of unbranched alkanes of at least 4 members (excludes halogenated alkanes) is 7. The molecule has 0 saturated carbocycles. The molecule has 0 bridgehead atoms. The van der Waals surface area contributed by atoms with Crippen LogP contribution in [-0.2, 0) is 14.1 Å². The van der Waals surface area contributed by atoms with Crippen molar-refractivity contribution in [1.82, 2.24) is 0 Å². The fraction of sp³-hybridized carbons (Fsp3) is 0.550. The van der Waals surface area contributed by atoms with Crippen LogP contribution < -0.4 is 0 Å². The zero-order valence-electron chi connectivity index (χ0n) is 15.5. The molecule has 146 valence electrons. The largest absolute Gasteiger partial charge is 0.446 e. The van der Waals surface area contributed by atoms with Crippen LogP contribution in [0.15, 0.2) is 36.4 Å². The summed E-state index contributed by atoms with van der Waals surface area (Å²) in [5, 5.41) is 0. The first-order valence-corrected chi connectivity index (χ1v) is 11.1. The molecule has 1 aromatic carbocycles. The monoisotopic (exact) mass is 382 g/mol. The van der Waals surface area contributed by atoms with Crippen LogP contribution in [0.5, 0.6) is 0 Å². The van der Waals surface area contributed by atoms with E-state index in [0.717, 1.165) is 24.8 Å². The number of hydrogen-bond donors (Lipinski definition) is 2. The molecule has 0 heterocycles. The van der Waals surface area contributed by atoms with Crippen molar-refractivity contribution in [2.75, 3.05) is 0 Å². The SMILES string of the molecule is CCCCCCCCCCC(OC(=O)/C=C/c1ccccc1)P(=O)(O)O. The Kier molecular flexibility index (Phi) is 11.2. The molecule has 0 aliphatic carbocycles. The third-order valence-electron chi connectivity index (χ3n) is 4.14. The summed E-state index contributed by atoms with van der Waals surface area (Å²) in [5.41, 5.74) is 0.820. The van der Waals surface area contributed by atoms with Gasteiger partial charge in [-0.2, -0.15) is 0 Å². The van der Waals surface area contributed by atoms with E-state index >= 15 is 0 Å². The lowest BCUT2D eigenvalue weighted by atomic mass is 10.1. The Bertz CT molecular complexity index is 579. The van der Waals surface area contributed by atoms with Gasteiger partial charge in [-0.25, -0.2) is 4.79 Å². The van der Waals surface area contributed by atoms with Crippen LogP contribution in [-0.4, -0.2) is 21.6 Å². The van der Waals surface area contributed by atoms with Crippen molar-refractivity contribution in [3.63, 3.8) is 0 Å². The first kappa shape index (κ1) is 22.6. The summed E-state index contributed by atoms with van der Waals surface area (Å²) in [6.07, 6.45) is 11.6. The molecule has 0 fully saturated rings. The number of esters is 1. The molecule has 0 spiro atoms. The average Bonchev–Trinajstić information content (AvgIpc) is 2.61. The summed E-state index contributed by atoms with van der Waals surface area (Å²) < 4.78 is 16.6. The van der Waals surface area contributed by atoms with Crippen molar-refractivity contribution in [3.8, 4) is 0 Å². The predicted molar refractivity (Wildman–Crippen MR) is 105 cm³/mol. The molecule has 2 N–H and O–H groups in total. The first-order valence-electron chi connectivity index (χ1n) is 9.42. The molecule has 1 aromatic rings. The minimum Gasteiger partial charge on any atom is -0.446 e. The summed E-state index contributed by atoms with van der Waals surface area (Å²) in [6, 6.07) is 9.19. The normalized spacial score (nSPS) is 13.0. The summed E-state index contributed by atoms with van der Waals surface area (Å²) in [6.45, 7) is 2.18. The van der Waals surface area contributed by atoms with E-state index in [2.05, 4.69) is 6.92 Å². The van der Waals surface area contributed by atoms with E-state index < -0.39 is 19.4 Å². The minimum absolute atomic E-state index is 0.185. The smallest absolute Gasteiger partial charge is 0.365 e. The molecule has 6 heteroatoms. The molecule has 0 radical (unpaired) electrons. The number of hydrogen-bond acceptors (Lipinski definition) is 3. The highest BCUT2D eigenvalue weighted by molar-refractivity contribution is 7.52. The van der Waals surface area contributed by atoms with Crippen LogP contribution in [0.2, 0.25) is 0 Å². The van der Waals surface area contributed by atoms with Crippen molar-refractivity contribution < 1.29 is 23.9 Å². The molecule has 1 atom stereocenters. The second-order valence-corrected chi connectivity index (χ2v) is 8.24. The van der Waals surface area contributed by atoms with E-state index in [0.29, 0.717) is 6.42 Å². The molecule has 0 aliphatic heterocycles. The first-order chi connectivity index (χ1) is 12.4. The maximum atomic E-state index is 11.9. The molecule has 1 unspecified atom stereocenters. The minimum atomic E-state index is -4.47. The Morgan fingerprint density at radius 2 is 1.62 bits per heavy atom. The molecule has 1 rings (SSSR count). The third-order valence-corrected chi connectivity index (χ3v) is 5.26. The quantitative estimate of drug-likeness (QED) is 0.210. The Morgan fingerprint density at radius 1 is 1.04 bits per heavy atom. The van der Waals surface area contributed by atoms with E-state index in [1.807, 2.05) is 30.3 Å². The number of carbonyl (C=O) groups is 1. The fourth-order valence-corrected chi connectivity index (χ4v) is 3.41. The van der Waals surface area contributed by atoms with E-state index in [9.17, 15) is 19.1 Å². The fourth-order valence-electron chi connectivity index (χ4n) is 2.65. The summed E-state index contributed by atoms with van der Waals surface area (Å²) in [5.74, 6) is -2.10. The average molecular weight is 382 g/mol. The van der Waals surface area contributed by atoms with Gasteiger partial charge in [-0.15, -0.1) is 0 Å². The van der Waals surface area contributed by atoms with Crippen LogP contribution in [0.3, 0.4) is 0 Å². The van der Waals surface area contributed by atoms with Gasteiger partial charge >= 0.3 is 13.6 Å². The van der Waals surface area contributed by atoms with Gasteiger partial charge < -0.3 is 14.5 Å². The van der Waals surface area contributed by atoms with Gasteiger partial charge in [0, 0.05) is 6.08 Å². The molecular formula is C20H31O5P. The van der Waals surface area contributed by atoms with E-state index in [-0.39, 0.29) is 6.42 Å². The van der Waals surface area contributed by atoms with Crippen molar-refractivity contribution in [2.45, 2.75) is 70.6 Å². The van der Waals surface area contributed by atoms with Crippen LogP contribution in [0.25, 0.3) is 6.08 Å². The highest BCUT2D eigenvalue weighted by Gasteiger charge is 2.31. The number of ether oxygens (including phenoxy) is 1. The van der Waals surface area contributed by atoms with Crippen LogP contribution in [0.1, 0.15) is 70.3 Å². The summed E-state index contributed by atoms with van der Waals surface area (Å²) >= 11 is 0. The summed E-state index contributed by atoms with van der Waals surface area (Å²) in [4.78, 5) is 30.7. The zero-order chi connectivity index (χ0) is 19.3. The van der Waals surface area contributed by atoms with E-state index in [4.69, 9.17) is 4.74 Å². The van der Waals surface area contributed by atoms with Gasteiger partial charge in [-0.3, -0.25) is 4.57 Å². The number of rotatable bonds is 13. The Labute approximate surface area is 156 Å². The highest BCUT2D eigenvalue weighted by atomic mass is 31.2. The lowest BCUT2D eigenvalue weighted by Gasteiger charge is -2.18. The second kappa shape index (κ2) is 12.9. The van der Waals surface area contributed by atoms with Gasteiger partial charge in [0.1, 0.15) is 0 Å². The maximum absolute atomic E-state index is 11.9. The Morgan fingerprint density at radius 3 is 2.19 bits per heavy atom. The standard InChI is InChI=1S/C20H31O5P/c1-2-3-4-5-6-7-8-12-15-20(26(22,23)24)25-19(21)17-16-18-13-10-9-11-14-18/h9-11,13-14,16-17,20H,2-8,12,15H2,1H3,(H2,22,23,24)/b17-16+. The van der Waals surface area contributed by atoms with Crippen molar-refractivity contribution in [2.24, 2.45) is 0 Å². The topological polar surface area (TPSA) is 83.8 Å². The highest BCUT2D eigenvalue weighted by Crippen LogP contribution is 2.44. The maximum Gasteiger partial charge on any atom is 0.365 e. The van der Waals surface area contributed by atoms with Gasteiger partial charge in [0.2, 0.25) is 5.85 Å². The predicted octanol–water partition coefficient (Wildman–Crippen LogP) is 5.28. The van der Waals surface area contributed by atoms with Crippen molar-refractivity contribution in [3.05, 3.63) is 42.0 Å². The number of benzene rings is 1. The Hall–Kier alpha value is -1.42. The summed E-state index contributed by atoms with van der Waals surface area (Å²) in [7, 11) is -4.47. The lowest BCUT2D eigenvalue weighted by molar-refractivity contribution is -0.140. The van der Waals surface area contributed by atoms with Crippen molar-refractivity contribution >= 4 is 19.6 Å². The van der Waals surface area contributed by atoms with Crippen LogP contribution in [0.4, 0.5) is 0 Å². The second-order valence-electron chi connectivity index (χ2n) is 6.49. The van der Waals surface area contributed by atoms with Crippen LogP contribution >= 0.6 is 7.60 Å². The van der Waals surface area contributed by atoms with Gasteiger partial charge in [-0.05, 0) is 24.5 Å². The molecular weight excluding hydrogens is 351 g/mol. The Balaban J connectivity index is 2.36. The molecule has 0 aliphatic rings. The number of carbonyl (C=O) groups excluding carboxylic acids is 1. The van der Waals surface area contributed by atoms with Gasteiger partial charge in [0.25, 0.3) is 0 Å². The molecule has 0 saturated heterocycles. The van der Waals surface area contributed by atoms with Crippen LogP contribution in [0, 0.1) is 0 Å². The van der Waals surface area contributed by atoms with Gasteiger partial charge in [-0.1, -0.05) is 82.2 Å². The molecule has 0 aromatic heterocycles. The molecule has 0 amide bonds. The zero-order valence-corrected chi connectivity index (χ0v) is 16.4.